The molecule has 0 amide bonds. The van der Waals surface area contributed by atoms with E-state index in [2.05, 4.69) is 5.32 Å². The second-order valence-electron chi connectivity index (χ2n) is 3.25. The average molecular weight is 158 g/mol. The quantitative estimate of drug-likeness (QED) is 0.492. The van der Waals surface area contributed by atoms with E-state index in [0.29, 0.717) is 12.5 Å². The molecule has 1 aliphatic carbocycles. The molecule has 66 valence electrons. The molecule has 0 aromatic heterocycles. The van der Waals surface area contributed by atoms with Crippen molar-refractivity contribution in [3.05, 3.63) is 0 Å². The van der Waals surface area contributed by atoms with Gasteiger partial charge in [0.1, 0.15) is 0 Å². The van der Waals surface area contributed by atoms with Crippen molar-refractivity contribution >= 4 is 0 Å². The molecule has 0 heterocycles. The largest absolute Gasteiger partial charge is 0.393 e. The summed E-state index contributed by atoms with van der Waals surface area (Å²) in [5.74, 6) is 0.474. The second-order valence-corrected chi connectivity index (χ2v) is 3.25. The Morgan fingerprint density at radius 3 is 2.82 bits per heavy atom. The monoisotopic (exact) mass is 158 g/mol. The Morgan fingerprint density at radius 2 is 2.27 bits per heavy atom. The Bertz CT molecular complexity index is 108. The topological polar surface area (TPSA) is 58.3 Å². The lowest BCUT2D eigenvalue weighted by Gasteiger charge is -2.14. The third kappa shape index (κ3) is 2.77. The van der Waals surface area contributed by atoms with Gasteiger partial charge in [-0.2, -0.15) is 0 Å². The Labute approximate surface area is 68.0 Å². The molecule has 1 saturated carbocycles. The fourth-order valence-corrected chi connectivity index (χ4v) is 1.64. The maximum Gasteiger partial charge on any atom is 0.0580 e. The molecule has 0 spiro atoms. The summed E-state index contributed by atoms with van der Waals surface area (Å²) in [6, 6.07) is 0. The van der Waals surface area contributed by atoms with Crippen molar-refractivity contribution in [1.82, 2.24) is 5.32 Å². The minimum absolute atomic E-state index is 0.0692. The van der Waals surface area contributed by atoms with Crippen LogP contribution < -0.4 is 11.1 Å². The van der Waals surface area contributed by atoms with Crippen LogP contribution in [0.2, 0.25) is 0 Å². The second kappa shape index (κ2) is 4.70. The van der Waals surface area contributed by atoms with E-state index in [-0.39, 0.29) is 6.10 Å². The summed E-state index contributed by atoms with van der Waals surface area (Å²) in [6.07, 6.45) is 3.25. The number of hydrogen-bond donors (Lipinski definition) is 3. The zero-order chi connectivity index (χ0) is 8.10. The smallest absolute Gasteiger partial charge is 0.0580 e. The van der Waals surface area contributed by atoms with E-state index in [0.717, 1.165) is 19.5 Å². The highest BCUT2D eigenvalue weighted by molar-refractivity contribution is 4.77. The van der Waals surface area contributed by atoms with Crippen molar-refractivity contribution in [3.63, 3.8) is 0 Å². The highest BCUT2D eigenvalue weighted by Crippen LogP contribution is 2.24. The molecule has 1 aliphatic rings. The van der Waals surface area contributed by atoms with Gasteiger partial charge in [0.05, 0.1) is 6.10 Å². The number of aliphatic hydroxyl groups excluding tert-OH is 1. The third-order valence-electron chi connectivity index (χ3n) is 2.35. The Morgan fingerprint density at radius 1 is 1.45 bits per heavy atom. The van der Waals surface area contributed by atoms with Crippen LogP contribution in [-0.4, -0.2) is 30.8 Å². The minimum Gasteiger partial charge on any atom is -0.393 e. The molecule has 2 unspecified atom stereocenters. The van der Waals surface area contributed by atoms with Crippen LogP contribution in [0.3, 0.4) is 0 Å². The number of nitrogens with one attached hydrogen (secondary N) is 1. The van der Waals surface area contributed by atoms with Crippen LogP contribution in [0.4, 0.5) is 0 Å². The zero-order valence-corrected chi connectivity index (χ0v) is 6.92. The number of rotatable bonds is 4. The molecule has 3 nitrogen and oxygen atoms in total. The number of aliphatic hydroxyl groups is 1. The number of hydrogen-bond acceptors (Lipinski definition) is 3. The Hall–Kier alpha value is -0.120. The summed E-state index contributed by atoms with van der Waals surface area (Å²) < 4.78 is 0. The van der Waals surface area contributed by atoms with Gasteiger partial charge < -0.3 is 16.2 Å². The maximum atomic E-state index is 9.42. The normalized spacial score (nSPS) is 31.1. The van der Waals surface area contributed by atoms with E-state index in [1.54, 1.807) is 0 Å². The van der Waals surface area contributed by atoms with Crippen molar-refractivity contribution in [2.24, 2.45) is 11.7 Å². The highest BCUT2D eigenvalue weighted by Gasteiger charge is 2.24. The standard InChI is InChI=1S/C8H18N2O/c9-4-5-10-6-7-2-1-3-8(7)11/h7-8,10-11H,1-6,9H2. The molecule has 4 N–H and O–H groups in total. The van der Waals surface area contributed by atoms with Gasteiger partial charge in [0.15, 0.2) is 0 Å². The van der Waals surface area contributed by atoms with Gasteiger partial charge in [-0.05, 0) is 18.8 Å². The van der Waals surface area contributed by atoms with Crippen LogP contribution in [0.15, 0.2) is 0 Å². The van der Waals surface area contributed by atoms with Crippen molar-refractivity contribution in [2.45, 2.75) is 25.4 Å². The maximum absolute atomic E-state index is 9.42. The fraction of sp³-hybridized carbons (Fsp3) is 1.00. The summed E-state index contributed by atoms with van der Waals surface area (Å²) in [6.45, 7) is 2.48. The summed E-state index contributed by atoms with van der Waals surface area (Å²) in [7, 11) is 0. The van der Waals surface area contributed by atoms with Crippen LogP contribution in [-0.2, 0) is 0 Å². The molecule has 11 heavy (non-hydrogen) atoms. The molecular weight excluding hydrogens is 140 g/mol. The molecule has 0 saturated heterocycles. The molecule has 2 atom stereocenters. The highest BCUT2D eigenvalue weighted by atomic mass is 16.3. The van der Waals surface area contributed by atoms with Gasteiger partial charge in [-0.3, -0.25) is 0 Å². The molecule has 0 bridgehead atoms. The van der Waals surface area contributed by atoms with Crippen LogP contribution in [0.5, 0.6) is 0 Å². The number of nitrogens with two attached hydrogens (primary N) is 1. The Balaban J connectivity index is 2.05. The molecule has 0 aromatic rings. The minimum atomic E-state index is -0.0692. The molecule has 3 heteroatoms. The van der Waals surface area contributed by atoms with Crippen molar-refractivity contribution < 1.29 is 5.11 Å². The zero-order valence-electron chi connectivity index (χ0n) is 6.92. The van der Waals surface area contributed by atoms with Gasteiger partial charge in [0.2, 0.25) is 0 Å². The lowest BCUT2D eigenvalue weighted by molar-refractivity contribution is 0.132. The summed E-state index contributed by atoms with van der Waals surface area (Å²) >= 11 is 0. The van der Waals surface area contributed by atoms with Crippen molar-refractivity contribution in [3.8, 4) is 0 Å². The van der Waals surface area contributed by atoms with E-state index in [9.17, 15) is 5.11 Å². The van der Waals surface area contributed by atoms with E-state index in [1.165, 1.54) is 12.8 Å². The predicted octanol–water partition coefficient (Wildman–Crippen LogP) is -0.304. The first-order valence-corrected chi connectivity index (χ1v) is 4.43. The average Bonchev–Trinajstić information content (AvgIpc) is 2.37. The van der Waals surface area contributed by atoms with Gasteiger partial charge in [-0.1, -0.05) is 6.42 Å². The van der Waals surface area contributed by atoms with Crippen LogP contribution in [0.25, 0.3) is 0 Å². The summed E-state index contributed by atoms with van der Waals surface area (Å²) in [5.41, 5.74) is 5.32. The van der Waals surface area contributed by atoms with Gasteiger partial charge in [-0.25, -0.2) is 0 Å². The van der Waals surface area contributed by atoms with Crippen LogP contribution in [0, 0.1) is 5.92 Å². The van der Waals surface area contributed by atoms with E-state index in [4.69, 9.17) is 5.73 Å². The lowest BCUT2D eigenvalue weighted by Crippen LogP contribution is -2.31. The Kier molecular flexibility index (Phi) is 3.83. The molecular formula is C8H18N2O. The van der Waals surface area contributed by atoms with Crippen LogP contribution >= 0.6 is 0 Å². The predicted molar refractivity (Wildman–Crippen MR) is 45.3 cm³/mol. The van der Waals surface area contributed by atoms with E-state index >= 15 is 0 Å². The van der Waals surface area contributed by atoms with Gasteiger partial charge in [0.25, 0.3) is 0 Å². The summed E-state index contributed by atoms with van der Waals surface area (Å²) in [4.78, 5) is 0. The molecule has 0 radical (unpaired) electrons. The van der Waals surface area contributed by atoms with E-state index < -0.39 is 0 Å². The first-order chi connectivity index (χ1) is 5.34. The van der Waals surface area contributed by atoms with Crippen molar-refractivity contribution in [1.29, 1.82) is 0 Å². The SMILES string of the molecule is NCCNCC1CCCC1O. The van der Waals surface area contributed by atoms with Gasteiger partial charge >= 0.3 is 0 Å². The van der Waals surface area contributed by atoms with Crippen LogP contribution in [0.1, 0.15) is 19.3 Å². The molecule has 1 fully saturated rings. The third-order valence-corrected chi connectivity index (χ3v) is 2.35. The molecule has 0 aromatic carbocycles. The molecule has 0 aliphatic heterocycles. The van der Waals surface area contributed by atoms with E-state index in [1.807, 2.05) is 0 Å². The first kappa shape index (κ1) is 8.97. The van der Waals surface area contributed by atoms with Gasteiger partial charge in [0, 0.05) is 19.6 Å². The van der Waals surface area contributed by atoms with Gasteiger partial charge in [-0.15, -0.1) is 0 Å². The molecule has 1 rings (SSSR count). The lowest BCUT2D eigenvalue weighted by atomic mass is 10.1. The first-order valence-electron chi connectivity index (χ1n) is 4.43. The fourth-order valence-electron chi connectivity index (χ4n) is 1.64. The van der Waals surface area contributed by atoms with Crippen molar-refractivity contribution in [2.75, 3.05) is 19.6 Å². The summed E-state index contributed by atoms with van der Waals surface area (Å²) in [5, 5.41) is 12.6.